The van der Waals surface area contributed by atoms with Gasteiger partial charge in [-0.3, -0.25) is 9.69 Å². The zero-order valence-corrected chi connectivity index (χ0v) is 7.16. The lowest BCUT2D eigenvalue weighted by Gasteiger charge is -2.24. The molecule has 0 saturated carbocycles. The maximum atomic E-state index is 11.2. The van der Waals surface area contributed by atoms with E-state index < -0.39 is 0 Å². The molecule has 2 saturated heterocycles. The second kappa shape index (κ2) is 3.03. The van der Waals surface area contributed by atoms with Crippen molar-refractivity contribution in [2.24, 2.45) is 0 Å². The molecule has 2 aliphatic rings. The average molecular weight is 171 g/mol. The van der Waals surface area contributed by atoms with Gasteiger partial charge >= 0.3 is 5.97 Å². The third-order valence-electron chi connectivity index (χ3n) is 2.57. The van der Waals surface area contributed by atoms with Gasteiger partial charge in [-0.2, -0.15) is 0 Å². The Labute approximate surface area is 71.4 Å². The molecule has 0 aromatic rings. The van der Waals surface area contributed by atoms with Crippen LogP contribution in [0.2, 0.25) is 0 Å². The minimum Gasteiger partial charge on any atom is -0.468 e. The highest BCUT2D eigenvalue weighted by Crippen LogP contribution is 2.24. The number of fused-ring (bicyclic) bond motifs is 2. The van der Waals surface area contributed by atoms with E-state index in [1.807, 2.05) is 0 Å². The minimum atomic E-state index is -0.122. The SMILES string of the molecule is COC(=O)[C@@H]1C[C@@H]2CN1CCO2. The number of morpholine rings is 1. The van der Waals surface area contributed by atoms with Gasteiger partial charge < -0.3 is 9.47 Å². The number of rotatable bonds is 1. The molecular weight excluding hydrogens is 158 g/mol. The molecule has 0 radical (unpaired) electrons. The molecule has 4 nitrogen and oxygen atoms in total. The molecule has 2 aliphatic heterocycles. The zero-order chi connectivity index (χ0) is 8.55. The van der Waals surface area contributed by atoms with E-state index in [-0.39, 0.29) is 18.1 Å². The van der Waals surface area contributed by atoms with Crippen LogP contribution in [0.3, 0.4) is 0 Å². The molecule has 3 atom stereocenters. The van der Waals surface area contributed by atoms with Gasteiger partial charge in [-0.05, 0) is 0 Å². The first-order valence-corrected chi connectivity index (χ1v) is 4.24. The standard InChI is InChI=1S/C8H13NO3/c1-11-8(10)7-4-6-5-9(7)2-3-12-6/h6-7H,2-5H2,1H3/t6-,7+/m1/s1. The fourth-order valence-corrected chi connectivity index (χ4v) is 1.95. The molecule has 0 N–H and O–H groups in total. The summed E-state index contributed by atoms with van der Waals surface area (Å²) in [4.78, 5) is 13.4. The van der Waals surface area contributed by atoms with Crippen molar-refractivity contribution >= 4 is 5.97 Å². The Morgan fingerprint density at radius 3 is 3.17 bits per heavy atom. The zero-order valence-electron chi connectivity index (χ0n) is 7.16. The molecule has 68 valence electrons. The molecule has 12 heavy (non-hydrogen) atoms. The minimum absolute atomic E-state index is 0.0532. The van der Waals surface area contributed by atoms with Crippen LogP contribution >= 0.6 is 0 Å². The summed E-state index contributed by atoms with van der Waals surface area (Å²) >= 11 is 0. The van der Waals surface area contributed by atoms with Crippen molar-refractivity contribution in [1.29, 1.82) is 0 Å². The first-order chi connectivity index (χ1) is 5.81. The Morgan fingerprint density at radius 1 is 1.67 bits per heavy atom. The van der Waals surface area contributed by atoms with Gasteiger partial charge in [0.1, 0.15) is 6.04 Å². The van der Waals surface area contributed by atoms with Gasteiger partial charge in [-0.1, -0.05) is 0 Å². The lowest BCUT2D eigenvalue weighted by atomic mass is 10.2. The summed E-state index contributed by atoms with van der Waals surface area (Å²) in [7, 11) is 1.44. The number of esters is 1. The summed E-state index contributed by atoms with van der Waals surface area (Å²) in [5.74, 6) is -0.122. The summed E-state index contributed by atoms with van der Waals surface area (Å²) in [6.07, 6.45) is 1.05. The second-order valence-corrected chi connectivity index (χ2v) is 3.26. The molecular formula is C8H13NO3. The number of carbonyl (C=O) groups excluding carboxylic acids is 1. The number of nitrogens with zero attached hydrogens (tertiary/aromatic N) is 1. The van der Waals surface area contributed by atoms with Gasteiger partial charge in [0, 0.05) is 19.5 Å². The van der Waals surface area contributed by atoms with Gasteiger partial charge in [0.2, 0.25) is 0 Å². The fourth-order valence-electron chi connectivity index (χ4n) is 1.95. The molecule has 2 bridgehead atoms. The van der Waals surface area contributed by atoms with E-state index in [0.29, 0.717) is 0 Å². The molecule has 0 spiro atoms. The van der Waals surface area contributed by atoms with E-state index in [2.05, 4.69) is 4.90 Å². The second-order valence-electron chi connectivity index (χ2n) is 3.26. The van der Waals surface area contributed by atoms with Gasteiger partial charge in [-0.25, -0.2) is 0 Å². The quantitative estimate of drug-likeness (QED) is 0.505. The Bertz CT molecular complexity index is 195. The fraction of sp³-hybridized carbons (Fsp3) is 0.875. The van der Waals surface area contributed by atoms with Crippen molar-refractivity contribution in [3.8, 4) is 0 Å². The highest BCUT2D eigenvalue weighted by atomic mass is 16.5. The van der Waals surface area contributed by atoms with Crippen LogP contribution in [0.15, 0.2) is 0 Å². The van der Waals surface area contributed by atoms with Crippen molar-refractivity contribution < 1.29 is 14.3 Å². The topological polar surface area (TPSA) is 38.8 Å². The van der Waals surface area contributed by atoms with Gasteiger partial charge in [0.05, 0.1) is 19.8 Å². The first-order valence-electron chi connectivity index (χ1n) is 4.24. The van der Waals surface area contributed by atoms with E-state index in [4.69, 9.17) is 9.47 Å². The van der Waals surface area contributed by atoms with E-state index in [9.17, 15) is 4.79 Å². The Balaban J connectivity index is 2.04. The number of carbonyl (C=O) groups is 1. The summed E-state index contributed by atoms with van der Waals surface area (Å²) in [6.45, 7) is 2.49. The average Bonchev–Trinajstić information content (AvgIpc) is 2.40. The van der Waals surface area contributed by atoms with E-state index in [1.165, 1.54) is 7.11 Å². The number of hydrogen-bond acceptors (Lipinski definition) is 4. The van der Waals surface area contributed by atoms with Crippen LogP contribution in [-0.2, 0) is 14.3 Å². The van der Waals surface area contributed by atoms with Crippen molar-refractivity contribution in [1.82, 2.24) is 4.90 Å². The Hall–Kier alpha value is -0.610. The maximum Gasteiger partial charge on any atom is 0.323 e. The van der Waals surface area contributed by atoms with E-state index in [1.54, 1.807) is 0 Å². The van der Waals surface area contributed by atoms with E-state index >= 15 is 0 Å². The number of methoxy groups -OCH3 is 1. The van der Waals surface area contributed by atoms with Crippen LogP contribution in [0.4, 0.5) is 0 Å². The Morgan fingerprint density at radius 2 is 2.50 bits per heavy atom. The van der Waals surface area contributed by atoms with E-state index in [0.717, 1.165) is 26.1 Å². The lowest BCUT2D eigenvalue weighted by molar-refractivity contribution is -0.145. The Kier molecular flexibility index (Phi) is 2.02. The van der Waals surface area contributed by atoms with Crippen molar-refractivity contribution in [2.75, 3.05) is 26.8 Å². The molecule has 1 unspecified atom stereocenters. The van der Waals surface area contributed by atoms with Gasteiger partial charge in [0.25, 0.3) is 0 Å². The van der Waals surface area contributed by atoms with Crippen LogP contribution in [0.25, 0.3) is 0 Å². The molecule has 0 aromatic carbocycles. The first kappa shape index (κ1) is 8.01. The molecule has 0 aromatic heterocycles. The monoisotopic (exact) mass is 171 g/mol. The van der Waals surface area contributed by atoms with Crippen LogP contribution in [0.5, 0.6) is 0 Å². The highest BCUT2D eigenvalue weighted by Gasteiger charge is 2.40. The molecule has 2 rings (SSSR count). The van der Waals surface area contributed by atoms with Crippen LogP contribution in [0, 0.1) is 0 Å². The van der Waals surface area contributed by atoms with Crippen LogP contribution in [0.1, 0.15) is 6.42 Å². The summed E-state index contributed by atoms with van der Waals surface area (Å²) < 4.78 is 10.2. The van der Waals surface area contributed by atoms with Crippen LogP contribution < -0.4 is 0 Å². The van der Waals surface area contributed by atoms with Gasteiger partial charge in [0.15, 0.2) is 0 Å². The highest BCUT2D eigenvalue weighted by molar-refractivity contribution is 5.76. The lowest BCUT2D eigenvalue weighted by Crippen LogP contribution is -2.40. The van der Waals surface area contributed by atoms with Crippen molar-refractivity contribution in [2.45, 2.75) is 18.6 Å². The van der Waals surface area contributed by atoms with Crippen LogP contribution in [-0.4, -0.2) is 49.8 Å². The van der Waals surface area contributed by atoms with Crippen molar-refractivity contribution in [3.05, 3.63) is 0 Å². The van der Waals surface area contributed by atoms with Crippen molar-refractivity contribution in [3.63, 3.8) is 0 Å². The molecule has 2 heterocycles. The largest absolute Gasteiger partial charge is 0.468 e. The number of hydrogen-bond donors (Lipinski definition) is 0. The summed E-state index contributed by atoms with van der Waals surface area (Å²) in [6, 6.07) is -0.0532. The smallest absolute Gasteiger partial charge is 0.323 e. The third kappa shape index (κ3) is 1.21. The summed E-state index contributed by atoms with van der Waals surface area (Å²) in [5.41, 5.74) is 0. The molecule has 0 aliphatic carbocycles. The maximum absolute atomic E-state index is 11.2. The third-order valence-corrected chi connectivity index (χ3v) is 2.57. The number of ether oxygens (including phenoxy) is 2. The normalized spacial score (nSPS) is 39.6. The molecule has 0 amide bonds. The predicted octanol–water partition coefficient (Wildman–Crippen LogP) is -0.368. The van der Waals surface area contributed by atoms with Gasteiger partial charge in [-0.15, -0.1) is 0 Å². The molecule has 2 fully saturated rings. The summed E-state index contributed by atoms with van der Waals surface area (Å²) in [5, 5.41) is 0. The molecule has 4 heteroatoms. The predicted molar refractivity (Wildman–Crippen MR) is 41.7 cm³/mol.